The minimum Gasteiger partial charge on any atom is -0.481 e. The van der Waals surface area contributed by atoms with Gasteiger partial charge in [-0.25, -0.2) is 13.8 Å². The van der Waals surface area contributed by atoms with Crippen molar-refractivity contribution in [1.82, 2.24) is 4.98 Å². The van der Waals surface area contributed by atoms with Crippen LogP contribution in [0.4, 0.5) is 8.78 Å². The van der Waals surface area contributed by atoms with Crippen LogP contribution in [0.3, 0.4) is 0 Å². The average Bonchev–Trinajstić information content (AvgIpc) is 2.09. The summed E-state index contributed by atoms with van der Waals surface area (Å²) in [5, 5.41) is 8.26. The molecule has 0 saturated heterocycles. The first-order valence-electron chi connectivity index (χ1n) is 4.07. The number of halogens is 3. The highest BCUT2D eigenvalue weighted by atomic mass is 35.5. The number of carbonyl (C=O) groups is 1. The molecule has 82 valence electrons. The third-order valence-electron chi connectivity index (χ3n) is 2.00. The van der Waals surface area contributed by atoms with E-state index in [0.717, 1.165) is 0 Å². The molecule has 1 rings (SSSR count). The minimum atomic E-state index is -2.75. The number of carboxylic acid groups (broad SMARTS) is 1. The van der Waals surface area contributed by atoms with Gasteiger partial charge in [-0.3, -0.25) is 4.79 Å². The molecule has 0 spiro atoms. The van der Waals surface area contributed by atoms with Crippen molar-refractivity contribution in [2.45, 2.75) is 19.8 Å². The number of alkyl halides is 2. The smallest absolute Gasteiger partial charge is 0.307 e. The molecule has 0 amide bonds. The van der Waals surface area contributed by atoms with Gasteiger partial charge in [0.2, 0.25) is 0 Å². The zero-order valence-corrected chi connectivity index (χ0v) is 8.55. The van der Waals surface area contributed by atoms with Crippen molar-refractivity contribution in [2.24, 2.45) is 0 Å². The third kappa shape index (κ3) is 2.62. The van der Waals surface area contributed by atoms with Gasteiger partial charge in [-0.1, -0.05) is 11.6 Å². The number of aliphatic carboxylic acids is 1. The first-order chi connectivity index (χ1) is 6.93. The highest BCUT2D eigenvalue weighted by molar-refractivity contribution is 6.30. The Balaban J connectivity index is 3.22. The second kappa shape index (κ2) is 4.53. The van der Waals surface area contributed by atoms with Gasteiger partial charge in [-0.2, -0.15) is 0 Å². The summed E-state index contributed by atoms with van der Waals surface area (Å²) in [4.78, 5) is 14.0. The maximum Gasteiger partial charge on any atom is 0.307 e. The molecule has 0 unspecified atom stereocenters. The van der Waals surface area contributed by atoms with E-state index in [-0.39, 0.29) is 22.7 Å². The standard InChI is InChI=1S/C9H8ClF2NO2/c1-4-5(2-6(14)15)3-13-8(10)7(4)9(11)12/h3,9H,2H2,1H3,(H,14,15). The molecule has 15 heavy (non-hydrogen) atoms. The van der Waals surface area contributed by atoms with Crippen LogP contribution in [0.25, 0.3) is 0 Å². The van der Waals surface area contributed by atoms with Crippen LogP contribution in [0.15, 0.2) is 6.20 Å². The Labute approximate surface area is 89.7 Å². The summed E-state index contributed by atoms with van der Waals surface area (Å²) in [6.45, 7) is 1.41. The van der Waals surface area contributed by atoms with Gasteiger partial charge in [-0.05, 0) is 18.1 Å². The van der Waals surface area contributed by atoms with Gasteiger partial charge in [0.25, 0.3) is 6.43 Å². The summed E-state index contributed by atoms with van der Waals surface area (Å²) in [6.07, 6.45) is -1.88. The minimum absolute atomic E-state index is 0.187. The topological polar surface area (TPSA) is 50.2 Å². The molecule has 6 heteroatoms. The van der Waals surface area contributed by atoms with Crippen molar-refractivity contribution in [3.8, 4) is 0 Å². The second-order valence-electron chi connectivity index (χ2n) is 2.98. The molecule has 1 N–H and O–H groups in total. The van der Waals surface area contributed by atoms with E-state index in [0.29, 0.717) is 0 Å². The summed E-state index contributed by atoms with van der Waals surface area (Å²) in [6, 6.07) is 0. The number of pyridine rings is 1. The van der Waals surface area contributed by atoms with E-state index in [1.165, 1.54) is 13.1 Å². The van der Waals surface area contributed by atoms with Gasteiger partial charge >= 0.3 is 5.97 Å². The van der Waals surface area contributed by atoms with Crippen molar-refractivity contribution in [1.29, 1.82) is 0 Å². The highest BCUT2D eigenvalue weighted by Gasteiger charge is 2.19. The summed E-state index contributed by atoms with van der Waals surface area (Å²) in [7, 11) is 0. The van der Waals surface area contributed by atoms with Crippen molar-refractivity contribution >= 4 is 17.6 Å². The van der Waals surface area contributed by atoms with Crippen LogP contribution < -0.4 is 0 Å². The number of nitrogens with zero attached hydrogens (tertiary/aromatic N) is 1. The molecule has 1 aromatic heterocycles. The highest BCUT2D eigenvalue weighted by Crippen LogP contribution is 2.30. The maximum atomic E-state index is 12.5. The van der Waals surface area contributed by atoms with Gasteiger partial charge in [0, 0.05) is 6.20 Å². The van der Waals surface area contributed by atoms with Crippen LogP contribution in [0.2, 0.25) is 5.15 Å². The van der Waals surface area contributed by atoms with E-state index in [2.05, 4.69) is 4.98 Å². The summed E-state index contributed by atoms with van der Waals surface area (Å²) in [5.74, 6) is -1.09. The SMILES string of the molecule is Cc1c(CC(=O)O)cnc(Cl)c1C(F)F. The van der Waals surface area contributed by atoms with Crippen LogP contribution in [0.5, 0.6) is 0 Å². The Morgan fingerprint density at radius 3 is 2.73 bits per heavy atom. The number of carboxylic acids is 1. The molecular weight excluding hydrogens is 228 g/mol. The Hall–Kier alpha value is -1.23. The molecule has 0 saturated carbocycles. The van der Waals surface area contributed by atoms with Gasteiger partial charge in [0.05, 0.1) is 12.0 Å². The molecule has 0 aliphatic heterocycles. The summed E-state index contributed by atoms with van der Waals surface area (Å²) < 4.78 is 25.1. The molecule has 0 aromatic carbocycles. The largest absolute Gasteiger partial charge is 0.481 e. The van der Waals surface area contributed by atoms with Crippen molar-refractivity contribution < 1.29 is 18.7 Å². The predicted octanol–water partition coefficient (Wildman–Crippen LogP) is 2.61. The molecule has 0 fully saturated rings. The Kier molecular flexibility index (Phi) is 3.57. The lowest BCUT2D eigenvalue weighted by Gasteiger charge is -2.10. The average molecular weight is 236 g/mol. The monoisotopic (exact) mass is 235 g/mol. The molecular formula is C9H8ClF2NO2. The van der Waals surface area contributed by atoms with E-state index in [1.807, 2.05) is 0 Å². The summed E-state index contributed by atoms with van der Waals surface area (Å²) >= 11 is 5.49. The van der Waals surface area contributed by atoms with E-state index < -0.39 is 18.0 Å². The van der Waals surface area contributed by atoms with Crippen LogP contribution in [-0.4, -0.2) is 16.1 Å². The summed E-state index contributed by atoms with van der Waals surface area (Å²) in [5.41, 5.74) is 0.0463. The third-order valence-corrected chi connectivity index (χ3v) is 2.30. The first-order valence-corrected chi connectivity index (χ1v) is 4.45. The number of hydrogen-bond donors (Lipinski definition) is 1. The Morgan fingerprint density at radius 1 is 1.67 bits per heavy atom. The van der Waals surface area contributed by atoms with E-state index in [9.17, 15) is 13.6 Å². The van der Waals surface area contributed by atoms with Crippen LogP contribution in [0.1, 0.15) is 23.1 Å². The van der Waals surface area contributed by atoms with E-state index >= 15 is 0 Å². The van der Waals surface area contributed by atoms with Gasteiger partial charge in [-0.15, -0.1) is 0 Å². The Morgan fingerprint density at radius 2 is 2.27 bits per heavy atom. The zero-order valence-electron chi connectivity index (χ0n) is 7.80. The van der Waals surface area contributed by atoms with Crippen LogP contribution in [-0.2, 0) is 11.2 Å². The second-order valence-corrected chi connectivity index (χ2v) is 3.34. The lowest BCUT2D eigenvalue weighted by Crippen LogP contribution is -2.06. The van der Waals surface area contributed by atoms with Crippen molar-refractivity contribution in [3.05, 3.63) is 28.0 Å². The van der Waals surface area contributed by atoms with Crippen LogP contribution in [0, 0.1) is 6.92 Å². The van der Waals surface area contributed by atoms with Gasteiger partial charge in [0.15, 0.2) is 0 Å². The molecule has 1 heterocycles. The quantitative estimate of drug-likeness (QED) is 0.820. The number of hydrogen-bond acceptors (Lipinski definition) is 2. The molecule has 0 aliphatic rings. The molecule has 0 atom stereocenters. The maximum absolute atomic E-state index is 12.5. The van der Waals surface area contributed by atoms with Crippen molar-refractivity contribution in [3.63, 3.8) is 0 Å². The number of aromatic nitrogens is 1. The van der Waals surface area contributed by atoms with Crippen LogP contribution >= 0.6 is 11.6 Å². The fourth-order valence-corrected chi connectivity index (χ4v) is 1.50. The fourth-order valence-electron chi connectivity index (χ4n) is 1.22. The van der Waals surface area contributed by atoms with Gasteiger partial charge < -0.3 is 5.11 Å². The normalized spacial score (nSPS) is 10.7. The molecule has 1 aromatic rings. The van der Waals surface area contributed by atoms with Crippen molar-refractivity contribution in [2.75, 3.05) is 0 Å². The molecule has 3 nitrogen and oxygen atoms in total. The lowest BCUT2D eigenvalue weighted by atomic mass is 10.0. The van der Waals surface area contributed by atoms with E-state index in [4.69, 9.17) is 16.7 Å². The molecule has 0 bridgehead atoms. The molecule has 0 aliphatic carbocycles. The Bertz CT molecular complexity index is 396. The number of rotatable bonds is 3. The molecule has 0 radical (unpaired) electrons. The first kappa shape index (κ1) is 11.8. The zero-order chi connectivity index (χ0) is 11.6. The lowest BCUT2D eigenvalue weighted by molar-refractivity contribution is -0.136. The predicted molar refractivity (Wildman–Crippen MR) is 50.3 cm³/mol. The fraction of sp³-hybridized carbons (Fsp3) is 0.333. The van der Waals surface area contributed by atoms with E-state index in [1.54, 1.807) is 0 Å². The van der Waals surface area contributed by atoms with Gasteiger partial charge in [0.1, 0.15) is 5.15 Å².